The number of sulfonamides is 1. The molecule has 0 aromatic heterocycles. The van der Waals surface area contributed by atoms with Crippen LogP contribution in [0.15, 0.2) is 23.1 Å². The Bertz CT molecular complexity index is 626. The second-order valence-corrected chi connectivity index (χ2v) is 6.93. The van der Waals surface area contributed by atoms with Gasteiger partial charge in [-0.05, 0) is 30.9 Å². The molecule has 0 spiro atoms. The van der Waals surface area contributed by atoms with Gasteiger partial charge in [0.1, 0.15) is 0 Å². The highest BCUT2D eigenvalue weighted by atomic mass is 32.2. The minimum absolute atomic E-state index is 0.266. The fraction of sp³-hybridized carbons (Fsp3) is 0.500. The van der Waals surface area contributed by atoms with Gasteiger partial charge in [0.05, 0.1) is 4.92 Å². The summed E-state index contributed by atoms with van der Waals surface area (Å²) in [6.07, 6.45) is 2.02. The molecule has 0 saturated heterocycles. The molecule has 0 unspecified atom stereocenters. The molecule has 1 saturated carbocycles. The fourth-order valence-electron chi connectivity index (χ4n) is 1.96. The Morgan fingerprint density at radius 2 is 2.10 bits per heavy atom. The van der Waals surface area contributed by atoms with Gasteiger partial charge in [0.2, 0.25) is 10.0 Å². The van der Waals surface area contributed by atoms with Crippen molar-refractivity contribution in [2.75, 3.05) is 26.0 Å². The SMILES string of the molecule is CNc1ccc([N+](=O)[O-])c(S(=O)(=O)N(C)CC2CC2)c1. The van der Waals surface area contributed by atoms with Gasteiger partial charge in [0.15, 0.2) is 4.90 Å². The van der Waals surface area contributed by atoms with E-state index in [0.717, 1.165) is 12.8 Å². The first-order chi connectivity index (χ1) is 9.36. The zero-order chi connectivity index (χ0) is 14.9. The topological polar surface area (TPSA) is 92.5 Å². The molecule has 1 aliphatic rings. The second kappa shape index (κ2) is 5.37. The van der Waals surface area contributed by atoms with E-state index in [1.165, 1.54) is 29.6 Å². The van der Waals surface area contributed by atoms with Crippen molar-refractivity contribution in [2.24, 2.45) is 5.92 Å². The summed E-state index contributed by atoms with van der Waals surface area (Å²) in [7, 11) is -0.758. The van der Waals surface area contributed by atoms with E-state index in [4.69, 9.17) is 0 Å². The molecule has 1 aromatic carbocycles. The van der Waals surface area contributed by atoms with Gasteiger partial charge in [0.25, 0.3) is 5.69 Å². The first kappa shape index (κ1) is 14.7. The van der Waals surface area contributed by atoms with E-state index in [0.29, 0.717) is 18.2 Å². The van der Waals surface area contributed by atoms with Crippen LogP contribution in [0.1, 0.15) is 12.8 Å². The molecule has 0 radical (unpaired) electrons. The highest BCUT2D eigenvalue weighted by Gasteiger charge is 2.33. The van der Waals surface area contributed by atoms with E-state index < -0.39 is 20.6 Å². The minimum Gasteiger partial charge on any atom is -0.388 e. The Balaban J connectivity index is 2.44. The van der Waals surface area contributed by atoms with Gasteiger partial charge in [-0.3, -0.25) is 10.1 Å². The van der Waals surface area contributed by atoms with Gasteiger partial charge in [-0.15, -0.1) is 0 Å². The number of benzene rings is 1. The lowest BCUT2D eigenvalue weighted by Crippen LogP contribution is -2.29. The van der Waals surface area contributed by atoms with Crippen molar-refractivity contribution in [3.8, 4) is 0 Å². The maximum absolute atomic E-state index is 12.5. The van der Waals surface area contributed by atoms with Gasteiger partial charge < -0.3 is 5.32 Å². The third kappa shape index (κ3) is 2.91. The molecule has 1 fully saturated rings. The van der Waals surface area contributed by atoms with Crippen LogP contribution in [-0.4, -0.2) is 38.3 Å². The zero-order valence-electron chi connectivity index (χ0n) is 11.4. The molecule has 8 heteroatoms. The van der Waals surface area contributed by atoms with Crippen molar-refractivity contribution in [2.45, 2.75) is 17.7 Å². The predicted octanol–water partition coefficient (Wildman–Crippen LogP) is 1.67. The van der Waals surface area contributed by atoms with Crippen LogP contribution in [0.25, 0.3) is 0 Å². The Morgan fingerprint density at radius 3 is 2.60 bits per heavy atom. The van der Waals surface area contributed by atoms with Gasteiger partial charge in [0, 0.05) is 32.4 Å². The Morgan fingerprint density at radius 1 is 1.45 bits per heavy atom. The van der Waals surface area contributed by atoms with E-state index in [1.807, 2.05) is 0 Å². The summed E-state index contributed by atoms with van der Waals surface area (Å²) in [6.45, 7) is 0.406. The highest BCUT2D eigenvalue weighted by molar-refractivity contribution is 7.89. The van der Waals surface area contributed by atoms with E-state index >= 15 is 0 Å². The van der Waals surface area contributed by atoms with Crippen LogP contribution in [0.5, 0.6) is 0 Å². The number of nitro benzene ring substituents is 1. The van der Waals surface area contributed by atoms with Crippen LogP contribution in [0.4, 0.5) is 11.4 Å². The van der Waals surface area contributed by atoms with E-state index in [2.05, 4.69) is 5.32 Å². The standard InChI is InChI=1S/C12H17N3O4S/c1-13-10-5-6-11(15(16)17)12(7-10)20(18,19)14(2)8-9-3-4-9/h5-7,9,13H,3-4,8H2,1-2H3. The molecule has 2 rings (SSSR count). The number of hydrogen-bond donors (Lipinski definition) is 1. The summed E-state index contributed by atoms with van der Waals surface area (Å²) >= 11 is 0. The van der Waals surface area contributed by atoms with Gasteiger partial charge >= 0.3 is 0 Å². The fourth-order valence-corrected chi connectivity index (χ4v) is 3.38. The Labute approximate surface area is 117 Å². The molecule has 0 atom stereocenters. The molecule has 1 aliphatic carbocycles. The quantitative estimate of drug-likeness (QED) is 0.637. The molecule has 110 valence electrons. The number of nitrogens with zero attached hydrogens (tertiary/aromatic N) is 2. The lowest BCUT2D eigenvalue weighted by Gasteiger charge is -2.17. The summed E-state index contributed by atoms with van der Waals surface area (Å²) in [5.74, 6) is 0.376. The first-order valence-corrected chi connectivity index (χ1v) is 7.73. The van der Waals surface area contributed by atoms with Crippen molar-refractivity contribution in [1.82, 2.24) is 4.31 Å². The number of hydrogen-bond acceptors (Lipinski definition) is 5. The zero-order valence-corrected chi connectivity index (χ0v) is 12.2. The van der Waals surface area contributed by atoms with Crippen LogP contribution in [-0.2, 0) is 10.0 Å². The molecule has 0 heterocycles. The third-order valence-electron chi connectivity index (χ3n) is 3.35. The molecule has 0 amide bonds. The van der Waals surface area contributed by atoms with Crippen LogP contribution in [0.3, 0.4) is 0 Å². The predicted molar refractivity (Wildman–Crippen MR) is 75.2 cm³/mol. The number of rotatable bonds is 6. The number of anilines is 1. The third-order valence-corrected chi connectivity index (χ3v) is 5.20. The smallest absolute Gasteiger partial charge is 0.289 e. The summed E-state index contributed by atoms with van der Waals surface area (Å²) in [5.41, 5.74) is 0.126. The maximum Gasteiger partial charge on any atom is 0.289 e. The second-order valence-electron chi connectivity index (χ2n) is 4.92. The molecular formula is C12H17N3O4S. The summed E-state index contributed by atoms with van der Waals surface area (Å²) in [4.78, 5) is 10.1. The average Bonchev–Trinajstić information content (AvgIpc) is 3.21. The van der Waals surface area contributed by atoms with Gasteiger partial charge in [-0.2, -0.15) is 0 Å². The van der Waals surface area contributed by atoms with Crippen molar-refractivity contribution in [3.05, 3.63) is 28.3 Å². The summed E-state index contributed by atoms with van der Waals surface area (Å²) < 4.78 is 26.2. The minimum atomic E-state index is -3.85. The normalized spacial score (nSPS) is 15.3. The lowest BCUT2D eigenvalue weighted by molar-refractivity contribution is -0.387. The monoisotopic (exact) mass is 299 g/mol. The van der Waals surface area contributed by atoms with Gasteiger partial charge in [-0.25, -0.2) is 12.7 Å². The van der Waals surface area contributed by atoms with Crippen LogP contribution >= 0.6 is 0 Å². The van der Waals surface area contributed by atoms with Gasteiger partial charge in [-0.1, -0.05) is 0 Å². The maximum atomic E-state index is 12.5. The van der Waals surface area contributed by atoms with Crippen LogP contribution in [0.2, 0.25) is 0 Å². The van der Waals surface area contributed by atoms with E-state index in [-0.39, 0.29) is 4.90 Å². The molecule has 0 bridgehead atoms. The van der Waals surface area contributed by atoms with Crippen molar-refractivity contribution < 1.29 is 13.3 Å². The molecule has 1 N–H and O–H groups in total. The van der Waals surface area contributed by atoms with Crippen molar-refractivity contribution >= 4 is 21.4 Å². The molecular weight excluding hydrogens is 282 g/mol. The summed E-state index contributed by atoms with van der Waals surface area (Å²) in [6, 6.07) is 4.00. The Kier molecular flexibility index (Phi) is 3.96. The lowest BCUT2D eigenvalue weighted by atomic mass is 10.3. The molecule has 0 aliphatic heterocycles. The van der Waals surface area contributed by atoms with Crippen LogP contribution < -0.4 is 5.32 Å². The van der Waals surface area contributed by atoms with Crippen LogP contribution in [0, 0.1) is 16.0 Å². The van der Waals surface area contributed by atoms with Crippen molar-refractivity contribution in [3.63, 3.8) is 0 Å². The average molecular weight is 299 g/mol. The van der Waals surface area contributed by atoms with E-state index in [1.54, 1.807) is 7.05 Å². The first-order valence-electron chi connectivity index (χ1n) is 6.29. The number of nitro groups is 1. The largest absolute Gasteiger partial charge is 0.388 e. The van der Waals surface area contributed by atoms with Crippen molar-refractivity contribution in [1.29, 1.82) is 0 Å². The molecule has 20 heavy (non-hydrogen) atoms. The Hall–Kier alpha value is -1.67. The van der Waals surface area contributed by atoms with E-state index in [9.17, 15) is 18.5 Å². The number of nitrogens with one attached hydrogen (secondary N) is 1. The summed E-state index contributed by atoms with van der Waals surface area (Å²) in [5, 5.41) is 13.8. The molecule has 7 nitrogen and oxygen atoms in total. The highest BCUT2D eigenvalue weighted by Crippen LogP contribution is 2.33. The molecule has 1 aromatic rings.